The van der Waals surface area contributed by atoms with Gasteiger partial charge in [-0.05, 0) is 136 Å². The summed E-state index contributed by atoms with van der Waals surface area (Å²) in [7, 11) is 0. The van der Waals surface area contributed by atoms with E-state index in [4.69, 9.17) is 0 Å². The van der Waals surface area contributed by atoms with Crippen molar-refractivity contribution in [3.8, 4) is 33.4 Å². The lowest BCUT2D eigenvalue weighted by molar-refractivity contribution is 0.797. The van der Waals surface area contributed by atoms with Crippen LogP contribution in [-0.4, -0.2) is 0 Å². The van der Waals surface area contributed by atoms with Gasteiger partial charge in [0.15, 0.2) is 0 Å². The van der Waals surface area contributed by atoms with E-state index in [0.717, 1.165) is 17.1 Å². The Bertz CT molecular complexity index is 3140. The van der Waals surface area contributed by atoms with Gasteiger partial charge in [-0.2, -0.15) is 0 Å². The zero-order chi connectivity index (χ0) is 36.8. The summed E-state index contributed by atoms with van der Waals surface area (Å²) in [4.78, 5) is 2.33. The number of benzene rings is 10. The minimum absolute atomic E-state index is 0.492. The van der Waals surface area contributed by atoms with E-state index < -0.39 is 5.41 Å². The lowest BCUT2D eigenvalue weighted by atomic mass is 9.68. The van der Waals surface area contributed by atoms with Crippen LogP contribution in [0.3, 0.4) is 0 Å². The lowest BCUT2D eigenvalue weighted by Crippen LogP contribution is -2.26. The first-order valence-corrected chi connectivity index (χ1v) is 19.5. The second-order valence-corrected chi connectivity index (χ2v) is 15.2. The third-order valence-electron chi connectivity index (χ3n) is 12.4. The minimum Gasteiger partial charge on any atom is -0.311 e. The predicted octanol–water partition coefficient (Wildman–Crippen LogP) is 14.6. The van der Waals surface area contributed by atoms with Crippen LogP contribution >= 0.6 is 0 Å². The Morgan fingerprint density at radius 2 is 0.696 bits per heavy atom. The van der Waals surface area contributed by atoms with Crippen LogP contribution in [0.25, 0.3) is 65.7 Å². The van der Waals surface area contributed by atoms with Gasteiger partial charge in [-0.1, -0.05) is 164 Å². The molecule has 0 bridgehead atoms. The molecule has 0 saturated carbocycles. The first-order valence-electron chi connectivity index (χ1n) is 19.5. The normalized spacial score (nSPS) is 14.9. The van der Waals surface area contributed by atoms with Gasteiger partial charge in [-0.15, -0.1) is 0 Å². The van der Waals surface area contributed by atoms with Crippen molar-refractivity contribution < 1.29 is 0 Å². The molecule has 1 spiro atoms. The largest absolute Gasteiger partial charge is 0.311 e. The molecule has 0 radical (unpaired) electrons. The molecular weight excluding hydrogens is 675 g/mol. The quantitative estimate of drug-likeness (QED) is 0.164. The summed E-state index contributed by atoms with van der Waals surface area (Å²) in [6.45, 7) is 0. The summed E-state index contributed by atoms with van der Waals surface area (Å²) in [5, 5.41) is 7.81. The summed E-state index contributed by atoms with van der Waals surface area (Å²) < 4.78 is 0. The highest BCUT2D eigenvalue weighted by molar-refractivity contribution is 6.26. The van der Waals surface area contributed by atoms with Crippen molar-refractivity contribution >= 4 is 49.4 Å². The summed E-state index contributed by atoms with van der Waals surface area (Å²) >= 11 is 0. The van der Waals surface area contributed by atoms with Crippen LogP contribution in [0, 0.1) is 0 Å². The Morgan fingerprint density at radius 3 is 1.29 bits per heavy atom. The number of para-hydroxylation sites is 2. The number of nitrogens with zero attached hydrogens (tertiary/aromatic N) is 1. The number of fused-ring (bicyclic) bond motifs is 16. The second kappa shape index (κ2) is 11.9. The molecule has 10 aromatic rings. The van der Waals surface area contributed by atoms with Gasteiger partial charge in [-0.3, -0.25) is 0 Å². The molecule has 1 unspecified atom stereocenters. The molecule has 10 aromatic carbocycles. The summed E-state index contributed by atoms with van der Waals surface area (Å²) in [6.07, 6.45) is 0. The zero-order valence-corrected chi connectivity index (χ0v) is 30.7. The summed E-state index contributed by atoms with van der Waals surface area (Å²) in [5.41, 5.74) is 16.1. The molecule has 1 heteroatoms. The van der Waals surface area contributed by atoms with Gasteiger partial charge >= 0.3 is 0 Å². The Labute approximate surface area is 326 Å². The maximum atomic E-state index is 2.56. The summed E-state index contributed by atoms with van der Waals surface area (Å²) in [5.74, 6) is 0. The molecule has 0 fully saturated rings. The molecule has 0 amide bonds. The highest BCUT2D eigenvalue weighted by Crippen LogP contribution is 2.65. The number of anilines is 3. The lowest BCUT2D eigenvalue weighted by Gasteiger charge is -2.32. The maximum absolute atomic E-state index is 2.56. The molecule has 0 saturated heterocycles. The van der Waals surface area contributed by atoms with Crippen LogP contribution in [0.15, 0.2) is 212 Å². The third kappa shape index (κ3) is 4.20. The van der Waals surface area contributed by atoms with Crippen LogP contribution in [-0.2, 0) is 5.41 Å². The molecule has 2 aliphatic carbocycles. The molecule has 0 heterocycles. The van der Waals surface area contributed by atoms with E-state index in [1.807, 2.05) is 0 Å². The van der Waals surface area contributed by atoms with Crippen molar-refractivity contribution in [2.75, 3.05) is 4.90 Å². The fourth-order valence-electron chi connectivity index (χ4n) is 10.2. The predicted molar refractivity (Wildman–Crippen MR) is 235 cm³/mol. The van der Waals surface area contributed by atoms with Crippen molar-refractivity contribution in [3.05, 3.63) is 235 Å². The molecule has 2 aliphatic rings. The molecule has 12 rings (SSSR count). The van der Waals surface area contributed by atoms with Gasteiger partial charge in [0.2, 0.25) is 0 Å². The third-order valence-corrected chi connectivity index (χ3v) is 12.4. The van der Waals surface area contributed by atoms with E-state index in [9.17, 15) is 0 Å². The number of rotatable bonds is 4. The van der Waals surface area contributed by atoms with Gasteiger partial charge in [0.05, 0.1) is 5.41 Å². The van der Waals surface area contributed by atoms with Gasteiger partial charge in [0.25, 0.3) is 0 Å². The van der Waals surface area contributed by atoms with E-state index >= 15 is 0 Å². The summed E-state index contributed by atoms with van der Waals surface area (Å²) in [6, 6.07) is 78.7. The molecule has 56 heavy (non-hydrogen) atoms. The van der Waals surface area contributed by atoms with Gasteiger partial charge in [-0.25, -0.2) is 0 Å². The molecule has 0 aromatic heterocycles. The maximum Gasteiger partial charge on any atom is 0.0731 e. The fraction of sp³-hybridized carbons (Fsp3) is 0.0182. The fourth-order valence-corrected chi connectivity index (χ4v) is 10.2. The van der Waals surface area contributed by atoms with Crippen molar-refractivity contribution in [3.63, 3.8) is 0 Å². The van der Waals surface area contributed by atoms with Crippen molar-refractivity contribution in [1.82, 2.24) is 0 Å². The van der Waals surface area contributed by atoms with Gasteiger partial charge in [0, 0.05) is 17.1 Å². The Hall–Kier alpha value is -7.22. The minimum atomic E-state index is -0.492. The van der Waals surface area contributed by atoms with Crippen molar-refractivity contribution in [1.29, 1.82) is 0 Å². The average Bonchev–Trinajstić information content (AvgIpc) is 3.74. The Morgan fingerprint density at radius 1 is 0.268 bits per heavy atom. The van der Waals surface area contributed by atoms with Crippen LogP contribution in [0.4, 0.5) is 17.1 Å². The first-order chi connectivity index (χ1) is 27.8. The van der Waals surface area contributed by atoms with Gasteiger partial charge < -0.3 is 4.90 Å². The molecule has 1 nitrogen and oxygen atoms in total. The van der Waals surface area contributed by atoms with Gasteiger partial charge in [0.1, 0.15) is 0 Å². The SMILES string of the molecule is c1ccc(N(c2ccccc2)c2ccc(-c3cccc4c3C3(c5ccccc5-c5cc6c7ccccc7c7ccccc7c6cc53)c3ccccc3-4)cc2)cc1. The zero-order valence-electron chi connectivity index (χ0n) is 30.7. The van der Waals surface area contributed by atoms with E-state index in [0.29, 0.717) is 0 Å². The van der Waals surface area contributed by atoms with Crippen LogP contribution in [0.5, 0.6) is 0 Å². The van der Waals surface area contributed by atoms with Crippen LogP contribution in [0.1, 0.15) is 22.3 Å². The van der Waals surface area contributed by atoms with E-state index in [-0.39, 0.29) is 0 Å². The average molecular weight is 710 g/mol. The Kier molecular flexibility index (Phi) is 6.62. The molecule has 0 N–H and O–H groups in total. The molecular formula is C55H35N. The molecule has 260 valence electrons. The van der Waals surface area contributed by atoms with E-state index in [1.54, 1.807) is 0 Å². The van der Waals surface area contributed by atoms with Crippen LogP contribution < -0.4 is 4.90 Å². The first kappa shape index (κ1) is 31.2. The highest BCUT2D eigenvalue weighted by atomic mass is 15.1. The highest BCUT2D eigenvalue weighted by Gasteiger charge is 2.53. The second-order valence-electron chi connectivity index (χ2n) is 15.2. The smallest absolute Gasteiger partial charge is 0.0731 e. The molecule has 0 aliphatic heterocycles. The van der Waals surface area contributed by atoms with E-state index in [1.165, 1.54) is 88.0 Å². The monoisotopic (exact) mass is 709 g/mol. The topological polar surface area (TPSA) is 3.24 Å². The standard InChI is InChI=1S/C55H35N/c1-3-16-37(17-4-1)56(38-18-5-2-6-19-38)39-32-30-36(31-33-39)40-26-15-27-47-45-24-11-13-28-51(45)55(54(40)47)52-29-14-12-25-46(52)50-34-48-43-22-9-7-20-41(43)42-21-8-10-23-44(42)49(48)35-53(50)55/h1-35H. The number of hydrogen-bond acceptors (Lipinski definition) is 1. The van der Waals surface area contributed by atoms with Crippen molar-refractivity contribution in [2.24, 2.45) is 0 Å². The molecule has 1 atom stereocenters. The Balaban J connectivity index is 1.14. The van der Waals surface area contributed by atoms with Crippen LogP contribution in [0.2, 0.25) is 0 Å². The van der Waals surface area contributed by atoms with Crippen molar-refractivity contribution in [2.45, 2.75) is 5.41 Å². The number of hydrogen-bond donors (Lipinski definition) is 0. The van der Waals surface area contributed by atoms with E-state index in [2.05, 4.69) is 217 Å².